The summed E-state index contributed by atoms with van der Waals surface area (Å²) in [4.78, 5) is 28.2. The number of para-hydroxylation sites is 1. The monoisotopic (exact) mass is 401 g/mol. The predicted octanol–water partition coefficient (Wildman–Crippen LogP) is 4.08. The first-order valence-corrected chi connectivity index (χ1v) is 10.5. The fraction of sp³-hybridized carbons (Fsp3) is 0.182. The van der Waals surface area contributed by atoms with Crippen molar-refractivity contribution in [2.75, 3.05) is 18.4 Å². The van der Waals surface area contributed by atoms with E-state index in [2.05, 4.69) is 15.7 Å². The second-order valence-electron chi connectivity index (χ2n) is 7.02. The highest BCUT2D eigenvalue weighted by atomic mass is 32.1. The zero-order valence-corrected chi connectivity index (χ0v) is 16.5. The molecule has 1 aromatic carbocycles. The molecule has 0 unspecified atom stereocenters. The Morgan fingerprint density at radius 2 is 2.00 bits per heavy atom. The largest absolute Gasteiger partial charge is 0.365 e. The average molecular weight is 401 g/mol. The molecule has 1 atom stereocenters. The van der Waals surface area contributed by atoms with Gasteiger partial charge in [0.1, 0.15) is 11.5 Å². The topological polar surface area (TPSA) is 71.0 Å². The number of anilines is 1. The van der Waals surface area contributed by atoms with E-state index in [0.29, 0.717) is 24.6 Å². The lowest BCUT2D eigenvalue weighted by molar-refractivity contribution is 0.0786. The third kappa shape index (κ3) is 3.56. The molecule has 1 amide bonds. The second-order valence-corrected chi connectivity index (χ2v) is 7.80. The van der Waals surface area contributed by atoms with Crippen LogP contribution in [0.3, 0.4) is 0 Å². The number of nitrogens with one attached hydrogen (secondary N) is 1. The van der Waals surface area contributed by atoms with Gasteiger partial charge in [-0.25, -0.2) is 9.97 Å². The maximum atomic E-state index is 12.7. The lowest BCUT2D eigenvalue weighted by Gasteiger charge is -2.18. The number of benzene rings is 1. The van der Waals surface area contributed by atoms with Crippen molar-refractivity contribution in [2.24, 2.45) is 0 Å². The Kier molecular flexibility index (Phi) is 4.65. The molecule has 4 aromatic rings. The molecule has 1 aliphatic rings. The van der Waals surface area contributed by atoms with E-state index in [1.807, 2.05) is 52.7 Å². The van der Waals surface area contributed by atoms with Crippen LogP contribution >= 0.6 is 11.3 Å². The van der Waals surface area contributed by atoms with Crippen molar-refractivity contribution in [3.05, 3.63) is 71.2 Å². The molecule has 0 aliphatic carbocycles. The normalized spacial score (nSPS) is 16.3. The SMILES string of the molecule is O=C(c1ccccn1)N1CC[C@H](Nc2nc(-c3ccsc3)nc3ccccc23)C1. The molecule has 1 fully saturated rings. The molecule has 6 nitrogen and oxygen atoms in total. The Bertz CT molecular complexity index is 1150. The van der Waals surface area contributed by atoms with Crippen LogP contribution in [0.2, 0.25) is 0 Å². The van der Waals surface area contributed by atoms with Crippen molar-refractivity contribution in [1.82, 2.24) is 19.9 Å². The van der Waals surface area contributed by atoms with Gasteiger partial charge in [0.05, 0.1) is 5.52 Å². The number of amides is 1. The van der Waals surface area contributed by atoms with Gasteiger partial charge in [-0.05, 0) is 42.1 Å². The molecule has 0 saturated carbocycles. The van der Waals surface area contributed by atoms with Gasteiger partial charge < -0.3 is 10.2 Å². The maximum Gasteiger partial charge on any atom is 0.272 e. The maximum absolute atomic E-state index is 12.7. The number of likely N-dealkylation sites (tertiary alicyclic amines) is 1. The van der Waals surface area contributed by atoms with E-state index in [-0.39, 0.29) is 11.9 Å². The Labute approximate surface area is 172 Å². The summed E-state index contributed by atoms with van der Waals surface area (Å²) >= 11 is 1.63. The number of pyridine rings is 1. The lowest BCUT2D eigenvalue weighted by atomic mass is 10.2. The number of hydrogen-bond acceptors (Lipinski definition) is 6. The number of aromatic nitrogens is 3. The summed E-state index contributed by atoms with van der Waals surface area (Å²) in [6.45, 7) is 1.33. The molecule has 144 valence electrons. The van der Waals surface area contributed by atoms with Gasteiger partial charge in [-0.1, -0.05) is 18.2 Å². The van der Waals surface area contributed by atoms with Crippen LogP contribution in [0.5, 0.6) is 0 Å². The number of thiophene rings is 1. The van der Waals surface area contributed by atoms with Crippen LogP contribution in [-0.4, -0.2) is 44.9 Å². The second kappa shape index (κ2) is 7.60. The first-order valence-electron chi connectivity index (χ1n) is 9.54. The predicted molar refractivity (Wildman–Crippen MR) is 115 cm³/mol. The molecular formula is C22H19N5OS. The molecule has 29 heavy (non-hydrogen) atoms. The minimum atomic E-state index is -0.0265. The quantitative estimate of drug-likeness (QED) is 0.558. The van der Waals surface area contributed by atoms with Crippen molar-refractivity contribution in [2.45, 2.75) is 12.5 Å². The van der Waals surface area contributed by atoms with Crippen molar-refractivity contribution in [3.8, 4) is 11.4 Å². The Balaban J connectivity index is 1.40. The summed E-state index contributed by atoms with van der Waals surface area (Å²) in [5.74, 6) is 1.50. The smallest absolute Gasteiger partial charge is 0.272 e. The van der Waals surface area contributed by atoms with E-state index in [1.165, 1.54) is 0 Å². The van der Waals surface area contributed by atoms with E-state index in [9.17, 15) is 4.79 Å². The van der Waals surface area contributed by atoms with Crippen LogP contribution in [0.4, 0.5) is 5.82 Å². The summed E-state index contributed by atoms with van der Waals surface area (Å²) in [6, 6.07) is 15.6. The Morgan fingerprint density at radius 3 is 2.83 bits per heavy atom. The molecule has 0 bridgehead atoms. The van der Waals surface area contributed by atoms with Crippen molar-refractivity contribution >= 4 is 34.0 Å². The number of hydrogen-bond donors (Lipinski definition) is 1. The van der Waals surface area contributed by atoms with Crippen molar-refractivity contribution in [3.63, 3.8) is 0 Å². The highest BCUT2D eigenvalue weighted by Crippen LogP contribution is 2.27. The van der Waals surface area contributed by atoms with Gasteiger partial charge in [0.2, 0.25) is 0 Å². The summed E-state index contributed by atoms with van der Waals surface area (Å²) in [5.41, 5.74) is 2.41. The van der Waals surface area contributed by atoms with E-state index in [0.717, 1.165) is 28.7 Å². The molecule has 5 rings (SSSR count). The summed E-state index contributed by atoms with van der Waals surface area (Å²) < 4.78 is 0. The van der Waals surface area contributed by atoms with E-state index in [4.69, 9.17) is 9.97 Å². The summed E-state index contributed by atoms with van der Waals surface area (Å²) in [5, 5.41) is 8.63. The highest BCUT2D eigenvalue weighted by molar-refractivity contribution is 7.08. The standard InChI is InChI=1S/C22H19N5OS/c28-22(19-7-3-4-10-23-19)27-11-8-16(13-27)24-21-17-5-1-2-6-18(17)25-20(26-21)15-9-12-29-14-15/h1-7,9-10,12,14,16H,8,11,13H2,(H,24,25,26)/t16-/m0/s1. The third-order valence-electron chi connectivity index (χ3n) is 5.08. The number of fused-ring (bicyclic) bond motifs is 1. The van der Waals surface area contributed by atoms with Crippen molar-refractivity contribution < 1.29 is 4.79 Å². The lowest BCUT2D eigenvalue weighted by Crippen LogP contribution is -2.32. The van der Waals surface area contributed by atoms with Crippen LogP contribution in [0, 0.1) is 0 Å². The van der Waals surface area contributed by atoms with Gasteiger partial charge >= 0.3 is 0 Å². The first-order chi connectivity index (χ1) is 14.3. The zero-order valence-electron chi connectivity index (χ0n) is 15.7. The molecule has 1 aliphatic heterocycles. The van der Waals surface area contributed by atoms with Gasteiger partial charge in [-0.2, -0.15) is 11.3 Å². The molecular weight excluding hydrogens is 382 g/mol. The minimum Gasteiger partial charge on any atom is -0.365 e. The fourth-order valence-corrected chi connectivity index (χ4v) is 4.25. The Morgan fingerprint density at radius 1 is 1.10 bits per heavy atom. The van der Waals surface area contributed by atoms with Crippen LogP contribution in [0.15, 0.2) is 65.5 Å². The molecule has 0 spiro atoms. The summed E-state index contributed by atoms with van der Waals surface area (Å²) in [6.07, 6.45) is 2.52. The number of rotatable bonds is 4. The molecule has 0 radical (unpaired) electrons. The Hall–Kier alpha value is -3.32. The highest BCUT2D eigenvalue weighted by Gasteiger charge is 2.28. The molecule has 4 heterocycles. The molecule has 1 N–H and O–H groups in total. The van der Waals surface area contributed by atoms with Crippen LogP contribution in [0.1, 0.15) is 16.9 Å². The van der Waals surface area contributed by atoms with E-state index in [1.54, 1.807) is 23.6 Å². The fourth-order valence-electron chi connectivity index (χ4n) is 3.61. The zero-order chi connectivity index (χ0) is 19.6. The third-order valence-corrected chi connectivity index (χ3v) is 5.77. The number of carbonyl (C=O) groups is 1. The van der Waals surface area contributed by atoms with Crippen LogP contribution in [0.25, 0.3) is 22.3 Å². The van der Waals surface area contributed by atoms with E-state index < -0.39 is 0 Å². The number of nitrogens with zero attached hydrogens (tertiary/aromatic N) is 4. The molecule has 1 saturated heterocycles. The van der Waals surface area contributed by atoms with Gasteiger partial charge in [0, 0.05) is 41.7 Å². The van der Waals surface area contributed by atoms with Crippen LogP contribution < -0.4 is 5.32 Å². The average Bonchev–Trinajstić information content (AvgIpc) is 3.46. The van der Waals surface area contributed by atoms with Gasteiger partial charge in [-0.15, -0.1) is 0 Å². The van der Waals surface area contributed by atoms with Gasteiger partial charge in [0.15, 0.2) is 5.82 Å². The molecule has 7 heteroatoms. The minimum absolute atomic E-state index is 0.0265. The van der Waals surface area contributed by atoms with Crippen molar-refractivity contribution in [1.29, 1.82) is 0 Å². The first kappa shape index (κ1) is 17.8. The molecule has 3 aromatic heterocycles. The number of carbonyl (C=O) groups excluding carboxylic acids is 1. The van der Waals surface area contributed by atoms with Gasteiger partial charge in [0.25, 0.3) is 5.91 Å². The van der Waals surface area contributed by atoms with Gasteiger partial charge in [-0.3, -0.25) is 9.78 Å². The van der Waals surface area contributed by atoms with E-state index >= 15 is 0 Å². The van der Waals surface area contributed by atoms with Crippen LogP contribution in [-0.2, 0) is 0 Å². The summed E-state index contributed by atoms with van der Waals surface area (Å²) in [7, 11) is 0.